The number of nitrogen functional groups attached to an aromatic ring is 1. The lowest BCUT2D eigenvalue weighted by molar-refractivity contribution is -0.123. The summed E-state index contributed by atoms with van der Waals surface area (Å²) in [6.07, 6.45) is 4.38. The Morgan fingerprint density at radius 3 is 2.54 bits per heavy atom. The average molecular weight is 321 g/mol. The van der Waals surface area contributed by atoms with Crippen molar-refractivity contribution in [3.05, 3.63) is 60.6 Å². The molecule has 0 spiro atoms. The van der Waals surface area contributed by atoms with Crippen molar-refractivity contribution in [3.8, 4) is 6.07 Å². The van der Waals surface area contributed by atoms with E-state index in [1.165, 1.54) is 25.3 Å². The van der Waals surface area contributed by atoms with Gasteiger partial charge in [0.25, 0.3) is 5.91 Å². The lowest BCUT2D eigenvalue weighted by atomic mass is 10.2. The summed E-state index contributed by atoms with van der Waals surface area (Å²) in [7, 11) is 0. The third-order valence-corrected chi connectivity index (χ3v) is 3.06. The van der Waals surface area contributed by atoms with Gasteiger partial charge in [-0.1, -0.05) is 0 Å². The third kappa shape index (κ3) is 3.96. The monoisotopic (exact) mass is 321 g/mol. The summed E-state index contributed by atoms with van der Waals surface area (Å²) in [6, 6.07) is 11.5. The molecule has 2 rings (SSSR count). The van der Waals surface area contributed by atoms with E-state index in [4.69, 9.17) is 5.73 Å². The molecule has 0 saturated heterocycles. The van der Waals surface area contributed by atoms with E-state index in [9.17, 15) is 14.9 Å². The normalized spacial score (nSPS) is 10.6. The minimum Gasteiger partial charge on any atom is -0.399 e. The van der Waals surface area contributed by atoms with Crippen LogP contribution in [0, 0.1) is 11.3 Å². The smallest absolute Gasteiger partial charge is 0.277 e. The molecule has 1 aromatic heterocycles. The maximum Gasteiger partial charge on any atom is 0.277 e. The van der Waals surface area contributed by atoms with Crippen molar-refractivity contribution in [2.75, 3.05) is 16.0 Å². The number of pyridine rings is 1. The van der Waals surface area contributed by atoms with Gasteiger partial charge >= 0.3 is 0 Å². The number of amides is 2. The van der Waals surface area contributed by atoms with Crippen LogP contribution in [0.4, 0.5) is 17.1 Å². The highest BCUT2D eigenvalue weighted by molar-refractivity contribution is 6.21. The van der Waals surface area contributed by atoms with Crippen LogP contribution in [0.15, 0.2) is 60.6 Å². The van der Waals surface area contributed by atoms with Gasteiger partial charge in [-0.2, -0.15) is 5.26 Å². The fourth-order valence-electron chi connectivity index (χ4n) is 1.93. The molecule has 0 saturated carbocycles. The number of hydrogen-bond donors (Lipinski definition) is 2. The van der Waals surface area contributed by atoms with Gasteiger partial charge in [0.15, 0.2) is 0 Å². The molecule has 24 heavy (non-hydrogen) atoms. The Labute approximate surface area is 139 Å². The topological polar surface area (TPSA) is 112 Å². The number of nitrogens with two attached hydrogens (primary N) is 1. The van der Waals surface area contributed by atoms with Crippen molar-refractivity contribution in [3.63, 3.8) is 0 Å². The van der Waals surface area contributed by atoms with E-state index in [-0.39, 0.29) is 5.57 Å². The zero-order chi connectivity index (χ0) is 17.5. The third-order valence-electron chi connectivity index (χ3n) is 3.06. The molecule has 2 aromatic rings. The fourth-order valence-corrected chi connectivity index (χ4v) is 1.93. The molecule has 1 heterocycles. The van der Waals surface area contributed by atoms with Crippen LogP contribution in [0.2, 0.25) is 0 Å². The molecule has 0 bridgehead atoms. The Kier molecular flexibility index (Phi) is 5.26. The lowest BCUT2D eigenvalue weighted by Crippen LogP contribution is -2.36. The van der Waals surface area contributed by atoms with Gasteiger partial charge in [0.1, 0.15) is 11.6 Å². The zero-order valence-corrected chi connectivity index (χ0v) is 12.9. The summed E-state index contributed by atoms with van der Waals surface area (Å²) in [4.78, 5) is 29.3. The quantitative estimate of drug-likeness (QED) is 0.506. The van der Waals surface area contributed by atoms with E-state index in [0.717, 1.165) is 4.90 Å². The molecule has 0 aliphatic rings. The van der Waals surface area contributed by atoms with Crippen molar-refractivity contribution >= 4 is 28.9 Å². The van der Waals surface area contributed by atoms with Gasteiger partial charge in [-0.05, 0) is 36.4 Å². The van der Waals surface area contributed by atoms with Crippen molar-refractivity contribution in [1.29, 1.82) is 5.26 Å². The molecule has 0 atom stereocenters. The lowest BCUT2D eigenvalue weighted by Gasteiger charge is -2.19. The van der Waals surface area contributed by atoms with E-state index in [0.29, 0.717) is 17.1 Å². The van der Waals surface area contributed by atoms with Gasteiger partial charge in [0.05, 0.1) is 17.6 Å². The second-order valence-electron chi connectivity index (χ2n) is 4.81. The first-order valence-corrected chi connectivity index (χ1v) is 7.00. The maximum atomic E-state index is 12.5. The first-order valence-electron chi connectivity index (χ1n) is 7.00. The van der Waals surface area contributed by atoms with Crippen LogP contribution in [0.3, 0.4) is 0 Å². The van der Waals surface area contributed by atoms with Crippen LogP contribution < -0.4 is 16.0 Å². The molecule has 7 heteroatoms. The Morgan fingerprint density at radius 1 is 1.29 bits per heavy atom. The Hall–Kier alpha value is -3.66. The molecule has 7 nitrogen and oxygen atoms in total. The van der Waals surface area contributed by atoms with Crippen molar-refractivity contribution in [1.82, 2.24) is 4.98 Å². The molecule has 2 amide bonds. The summed E-state index contributed by atoms with van der Waals surface area (Å²) < 4.78 is 0. The zero-order valence-electron chi connectivity index (χ0n) is 12.9. The number of hydrogen-bond acceptors (Lipinski definition) is 6. The SMILES string of the molecule is CC(=O)N(C(=O)/C(C#N)=C\Nc1cccnc1)c1ccc(N)cc1. The van der Waals surface area contributed by atoms with Gasteiger partial charge in [-0.3, -0.25) is 14.6 Å². The van der Waals surface area contributed by atoms with Crippen LogP contribution >= 0.6 is 0 Å². The van der Waals surface area contributed by atoms with E-state index < -0.39 is 11.8 Å². The molecule has 0 radical (unpaired) electrons. The van der Waals surface area contributed by atoms with Crippen LogP contribution in [0.1, 0.15) is 6.92 Å². The molecular weight excluding hydrogens is 306 g/mol. The molecule has 120 valence electrons. The molecule has 1 aromatic carbocycles. The Morgan fingerprint density at radius 2 is 2.00 bits per heavy atom. The number of nitrogens with one attached hydrogen (secondary N) is 1. The Bertz CT molecular complexity index is 807. The number of nitrogens with zero attached hydrogens (tertiary/aromatic N) is 3. The van der Waals surface area contributed by atoms with Gasteiger partial charge < -0.3 is 11.1 Å². The summed E-state index contributed by atoms with van der Waals surface area (Å²) >= 11 is 0. The number of carbonyl (C=O) groups is 2. The van der Waals surface area contributed by atoms with Crippen LogP contribution in [0.5, 0.6) is 0 Å². The van der Waals surface area contributed by atoms with Crippen LogP contribution in [0.25, 0.3) is 0 Å². The van der Waals surface area contributed by atoms with E-state index in [1.54, 1.807) is 42.7 Å². The highest BCUT2D eigenvalue weighted by Gasteiger charge is 2.23. The maximum absolute atomic E-state index is 12.5. The molecular formula is C17H15N5O2. The number of aromatic nitrogens is 1. The molecule has 3 N–H and O–H groups in total. The number of rotatable bonds is 4. The largest absolute Gasteiger partial charge is 0.399 e. The average Bonchev–Trinajstić information content (AvgIpc) is 2.58. The number of carbonyl (C=O) groups excluding carboxylic acids is 2. The van der Waals surface area contributed by atoms with Crippen molar-refractivity contribution < 1.29 is 9.59 Å². The highest BCUT2D eigenvalue weighted by atomic mass is 16.2. The van der Waals surface area contributed by atoms with E-state index in [2.05, 4.69) is 10.3 Å². The van der Waals surface area contributed by atoms with Crippen molar-refractivity contribution in [2.24, 2.45) is 0 Å². The second-order valence-corrected chi connectivity index (χ2v) is 4.81. The van der Waals surface area contributed by atoms with E-state index in [1.807, 2.05) is 0 Å². The summed E-state index contributed by atoms with van der Waals surface area (Å²) in [5, 5.41) is 12.0. The standard InChI is InChI=1S/C17H15N5O2/c1-12(23)22(16-6-4-14(19)5-7-16)17(24)13(9-18)10-21-15-3-2-8-20-11-15/h2-8,10-11,21H,19H2,1H3/b13-10-. The number of nitriles is 1. The number of benzene rings is 1. The molecule has 0 aliphatic carbocycles. The van der Waals surface area contributed by atoms with Crippen LogP contribution in [-0.2, 0) is 9.59 Å². The minimum atomic E-state index is -0.730. The van der Waals surface area contributed by atoms with Crippen LogP contribution in [-0.4, -0.2) is 16.8 Å². The number of anilines is 3. The fraction of sp³-hybridized carbons (Fsp3) is 0.0588. The number of imide groups is 1. The summed E-state index contributed by atoms with van der Waals surface area (Å²) in [6.45, 7) is 1.25. The summed E-state index contributed by atoms with van der Waals surface area (Å²) in [5.41, 5.74) is 6.84. The predicted octanol–water partition coefficient (Wildman–Crippen LogP) is 2.06. The van der Waals surface area contributed by atoms with Crippen molar-refractivity contribution in [2.45, 2.75) is 6.92 Å². The highest BCUT2D eigenvalue weighted by Crippen LogP contribution is 2.19. The van der Waals surface area contributed by atoms with Gasteiger partial charge in [-0.15, -0.1) is 0 Å². The second kappa shape index (κ2) is 7.56. The van der Waals surface area contributed by atoms with Gasteiger partial charge in [-0.25, -0.2) is 4.90 Å². The minimum absolute atomic E-state index is 0.217. The first kappa shape index (κ1) is 16.7. The molecule has 0 fully saturated rings. The first-order chi connectivity index (χ1) is 11.5. The van der Waals surface area contributed by atoms with Gasteiger partial charge in [0.2, 0.25) is 5.91 Å². The molecule has 0 aliphatic heterocycles. The molecule has 0 unspecified atom stereocenters. The Balaban J connectivity index is 2.28. The predicted molar refractivity (Wildman–Crippen MR) is 90.6 cm³/mol. The summed E-state index contributed by atoms with van der Waals surface area (Å²) in [5.74, 6) is -1.24. The van der Waals surface area contributed by atoms with Gasteiger partial charge in [0, 0.05) is 25.0 Å². The van der Waals surface area contributed by atoms with E-state index >= 15 is 0 Å².